The molecule has 0 aromatic heterocycles. The van der Waals surface area contributed by atoms with E-state index in [1.54, 1.807) is 0 Å². The number of hydrogen-bond donors (Lipinski definition) is 1. The summed E-state index contributed by atoms with van der Waals surface area (Å²) in [5.74, 6) is 0. The fourth-order valence-electron chi connectivity index (χ4n) is 1.67. The van der Waals surface area contributed by atoms with E-state index in [1.807, 2.05) is 33.8 Å². The van der Waals surface area contributed by atoms with Crippen molar-refractivity contribution in [3.05, 3.63) is 28.8 Å². The molecule has 0 aliphatic rings. The standard InChI is InChI=1S/C12H19N.2C2H6/c1-8-6-10(12(3,4)5)9(2)11(13)7-8;2*1-2/h6-7H,13H2,1-5H3;2*1-2H3. The number of hydrogen-bond acceptors (Lipinski definition) is 1. The zero-order chi connectivity index (χ0) is 14.2. The predicted octanol–water partition coefficient (Wildman–Crippen LogP) is 5.24. The van der Waals surface area contributed by atoms with Crippen molar-refractivity contribution in [2.24, 2.45) is 0 Å². The Morgan fingerprint density at radius 3 is 1.65 bits per heavy atom. The van der Waals surface area contributed by atoms with Gasteiger partial charge in [-0.15, -0.1) is 0 Å². The maximum atomic E-state index is 5.92. The lowest BCUT2D eigenvalue weighted by Gasteiger charge is -2.23. The number of rotatable bonds is 0. The second kappa shape index (κ2) is 8.16. The monoisotopic (exact) mass is 237 g/mol. The second-order valence-corrected chi connectivity index (χ2v) is 4.78. The van der Waals surface area contributed by atoms with Crippen LogP contribution in [0.25, 0.3) is 0 Å². The number of anilines is 1. The Labute approximate surface area is 108 Å². The molecule has 0 bridgehead atoms. The van der Waals surface area contributed by atoms with Gasteiger partial charge in [0.2, 0.25) is 0 Å². The van der Waals surface area contributed by atoms with Crippen molar-refractivity contribution in [3.63, 3.8) is 0 Å². The SMILES string of the molecule is CC.CC.Cc1cc(N)c(C)c(C(C)(C)C)c1. The van der Waals surface area contributed by atoms with Crippen molar-refractivity contribution in [1.82, 2.24) is 0 Å². The van der Waals surface area contributed by atoms with E-state index in [-0.39, 0.29) is 5.41 Å². The summed E-state index contributed by atoms with van der Waals surface area (Å²) >= 11 is 0. The van der Waals surface area contributed by atoms with Crippen molar-refractivity contribution in [2.75, 3.05) is 5.73 Å². The van der Waals surface area contributed by atoms with Gasteiger partial charge in [0.15, 0.2) is 0 Å². The highest BCUT2D eigenvalue weighted by molar-refractivity contribution is 5.54. The molecule has 0 unspecified atom stereocenters. The molecule has 0 aliphatic carbocycles. The molecule has 1 aromatic rings. The predicted molar refractivity (Wildman–Crippen MR) is 81.7 cm³/mol. The Kier molecular flexibility index (Phi) is 8.83. The van der Waals surface area contributed by atoms with Gasteiger partial charge in [-0.25, -0.2) is 0 Å². The van der Waals surface area contributed by atoms with Crippen LogP contribution < -0.4 is 5.73 Å². The zero-order valence-electron chi connectivity index (χ0n) is 13.2. The third-order valence-electron chi connectivity index (χ3n) is 2.40. The number of aryl methyl sites for hydroxylation is 1. The molecule has 1 heteroatoms. The van der Waals surface area contributed by atoms with Crippen LogP contribution in [-0.4, -0.2) is 0 Å². The van der Waals surface area contributed by atoms with Crippen molar-refractivity contribution in [2.45, 2.75) is 67.7 Å². The lowest BCUT2D eigenvalue weighted by molar-refractivity contribution is 0.586. The van der Waals surface area contributed by atoms with Crippen molar-refractivity contribution < 1.29 is 0 Å². The van der Waals surface area contributed by atoms with E-state index in [9.17, 15) is 0 Å². The molecule has 0 radical (unpaired) electrons. The Balaban J connectivity index is 0. The van der Waals surface area contributed by atoms with Gasteiger partial charge >= 0.3 is 0 Å². The van der Waals surface area contributed by atoms with Gasteiger partial charge in [-0.05, 0) is 42.0 Å². The summed E-state index contributed by atoms with van der Waals surface area (Å²) in [5.41, 5.74) is 10.8. The number of nitrogens with two attached hydrogens (primary N) is 1. The second-order valence-electron chi connectivity index (χ2n) is 4.78. The normalized spacial score (nSPS) is 9.71. The Hall–Kier alpha value is -0.980. The van der Waals surface area contributed by atoms with Gasteiger partial charge in [0, 0.05) is 5.69 Å². The summed E-state index contributed by atoms with van der Waals surface area (Å²) < 4.78 is 0. The average molecular weight is 237 g/mol. The molecule has 0 spiro atoms. The van der Waals surface area contributed by atoms with Crippen LogP contribution in [0.2, 0.25) is 0 Å². The number of nitrogen functional groups attached to an aromatic ring is 1. The molecule has 0 heterocycles. The first-order valence-electron chi connectivity index (χ1n) is 6.69. The van der Waals surface area contributed by atoms with Gasteiger partial charge in [-0.1, -0.05) is 54.5 Å². The average Bonchev–Trinajstić information content (AvgIpc) is 2.27. The highest BCUT2D eigenvalue weighted by Gasteiger charge is 2.17. The van der Waals surface area contributed by atoms with Crippen molar-refractivity contribution in [3.8, 4) is 0 Å². The van der Waals surface area contributed by atoms with E-state index in [4.69, 9.17) is 5.73 Å². The van der Waals surface area contributed by atoms with Crippen molar-refractivity contribution >= 4 is 5.69 Å². The molecule has 1 aromatic carbocycles. The van der Waals surface area contributed by atoms with E-state index in [0.29, 0.717) is 0 Å². The molecule has 0 saturated carbocycles. The lowest BCUT2D eigenvalue weighted by atomic mass is 9.83. The van der Waals surface area contributed by atoms with E-state index in [1.165, 1.54) is 16.7 Å². The summed E-state index contributed by atoms with van der Waals surface area (Å²) in [4.78, 5) is 0. The van der Waals surface area contributed by atoms with Gasteiger partial charge < -0.3 is 5.73 Å². The molecular formula is C16H31N. The largest absolute Gasteiger partial charge is 0.398 e. The molecule has 0 fully saturated rings. The van der Waals surface area contributed by atoms with Crippen LogP contribution in [0.4, 0.5) is 5.69 Å². The third-order valence-corrected chi connectivity index (χ3v) is 2.40. The summed E-state index contributed by atoms with van der Waals surface area (Å²) in [6.45, 7) is 18.8. The van der Waals surface area contributed by atoms with Gasteiger partial charge in [0.05, 0.1) is 0 Å². The first kappa shape index (κ1) is 18.4. The molecule has 1 rings (SSSR count). The van der Waals surface area contributed by atoms with Crippen LogP contribution in [0.3, 0.4) is 0 Å². The van der Waals surface area contributed by atoms with E-state index in [2.05, 4.69) is 40.7 Å². The third kappa shape index (κ3) is 5.76. The Bertz CT molecular complexity index is 319. The van der Waals surface area contributed by atoms with Gasteiger partial charge in [-0.3, -0.25) is 0 Å². The van der Waals surface area contributed by atoms with Crippen LogP contribution in [0.5, 0.6) is 0 Å². The minimum absolute atomic E-state index is 0.185. The van der Waals surface area contributed by atoms with Gasteiger partial charge in [0.1, 0.15) is 0 Å². The molecule has 0 amide bonds. The molecule has 0 aliphatic heterocycles. The Morgan fingerprint density at radius 2 is 1.29 bits per heavy atom. The van der Waals surface area contributed by atoms with Crippen LogP contribution in [0.15, 0.2) is 12.1 Å². The quantitative estimate of drug-likeness (QED) is 0.614. The summed E-state index contributed by atoms with van der Waals surface area (Å²) in [6, 6.07) is 4.26. The summed E-state index contributed by atoms with van der Waals surface area (Å²) in [7, 11) is 0. The summed E-state index contributed by atoms with van der Waals surface area (Å²) in [6.07, 6.45) is 0. The lowest BCUT2D eigenvalue weighted by Crippen LogP contribution is -2.14. The van der Waals surface area contributed by atoms with Crippen LogP contribution in [-0.2, 0) is 5.41 Å². The first-order valence-corrected chi connectivity index (χ1v) is 6.69. The van der Waals surface area contributed by atoms with Crippen LogP contribution in [0, 0.1) is 13.8 Å². The smallest absolute Gasteiger partial charge is 0.0349 e. The van der Waals surface area contributed by atoms with Crippen LogP contribution >= 0.6 is 0 Å². The minimum atomic E-state index is 0.185. The Morgan fingerprint density at radius 1 is 0.882 bits per heavy atom. The van der Waals surface area contributed by atoms with E-state index in [0.717, 1.165) is 5.69 Å². The molecule has 0 saturated heterocycles. The van der Waals surface area contributed by atoms with E-state index < -0.39 is 0 Å². The minimum Gasteiger partial charge on any atom is -0.398 e. The van der Waals surface area contributed by atoms with E-state index >= 15 is 0 Å². The van der Waals surface area contributed by atoms with Crippen LogP contribution in [0.1, 0.15) is 65.2 Å². The maximum Gasteiger partial charge on any atom is 0.0349 e. The topological polar surface area (TPSA) is 26.0 Å². The molecule has 1 nitrogen and oxygen atoms in total. The molecular weight excluding hydrogens is 206 g/mol. The first-order chi connectivity index (χ1) is 7.82. The maximum absolute atomic E-state index is 5.92. The number of benzene rings is 1. The fraction of sp³-hybridized carbons (Fsp3) is 0.625. The van der Waals surface area contributed by atoms with Gasteiger partial charge in [-0.2, -0.15) is 0 Å². The molecule has 0 atom stereocenters. The molecule has 2 N–H and O–H groups in total. The van der Waals surface area contributed by atoms with Gasteiger partial charge in [0.25, 0.3) is 0 Å². The highest BCUT2D eigenvalue weighted by Crippen LogP contribution is 2.29. The zero-order valence-corrected chi connectivity index (χ0v) is 13.2. The highest BCUT2D eigenvalue weighted by atomic mass is 14.6. The molecule has 100 valence electrons. The summed E-state index contributed by atoms with van der Waals surface area (Å²) in [5, 5.41) is 0. The molecule has 17 heavy (non-hydrogen) atoms. The fourth-order valence-corrected chi connectivity index (χ4v) is 1.67. The van der Waals surface area contributed by atoms with Crippen molar-refractivity contribution in [1.29, 1.82) is 0 Å².